The van der Waals surface area contributed by atoms with Gasteiger partial charge in [0.1, 0.15) is 12.4 Å². The van der Waals surface area contributed by atoms with Crippen LogP contribution in [0.15, 0.2) is 23.1 Å². The Labute approximate surface area is 75.0 Å². The summed E-state index contributed by atoms with van der Waals surface area (Å²) in [6.45, 7) is 0.331. The van der Waals surface area contributed by atoms with E-state index in [1.54, 1.807) is 0 Å². The first-order valence-corrected chi connectivity index (χ1v) is 3.82. The van der Waals surface area contributed by atoms with Crippen molar-refractivity contribution in [1.29, 1.82) is 5.26 Å². The van der Waals surface area contributed by atoms with Crippen LogP contribution in [0.2, 0.25) is 0 Å². The Hall–Kier alpha value is -1.89. The fourth-order valence-electron chi connectivity index (χ4n) is 0.964. The van der Waals surface area contributed by atoms with Gasteiger partial charge in [0.05, 0.1) is 5.56 Å². The topological polar surface area (TPSA) is 62.9 Å². The Morgan fingerprint density at radius 2 is 2.31 bits per heavy atom. The van der Waals surface area contributed by atoms with Crippen molar-refractivity contribution in [3.63, 3.8) is 0 Å². The summed E-state index contributed by atoms with van der Waals surface area (Å²) in [5.74, 6) is 0. The predicted octanol–water partition coefficient (Wildman–Crippen LogP) is 0.309. The summed E-state index contributed by atoms with van der Waals surface area (Å²) in [6, 6.07) is 4.70. The van der Waals surface area contributed by atoms with Crippen molar-refractivity contribution in [3.05, 3.63) is 34.2 Å². The molecule has 4 heteroatoms. The van der Waals surface area contributed by atoms with E-state index in [2.05, 4.69) is 0 Å². The number of aldehydes is 1. The quantitative estimate of drug-likeness (QED) is 0.622. The molecule has 0 aliphatic heterocycles. The zero-order chi connectivity index (χ0) is 9.68. The van der Waals surface area contributed by atoms with E-state index >= 15 is 0 Å². The SMILES string of the molecule is N#Cc1ccc(=O)n(CCC=O)c1. The fraction of sp³-hybridized carbons (Fsp3) is 0.222. The van der Waals surface area contributed by atoms with Crippen molar-refractivity contribution >= 4 is 6.29 Å². The van der Waals surface area contributed by atoms with Crippen molar-refractivity contribution < 1.29 is 4.79 Å². The Kier molecular flexibility index (Phi) is 2.98. The maximum absolute atomic E-state index is 11.1. The fourth-order valence-corrected chi connectivity index (χ4v) is 0.964. The van der Waals surface area contributed by atoms with Gasteiger partial charge in [0, 0.05) is 25.2 Å². The summed E-state index contributed by atoms with van der Waals surface area (Å²) in [5, 5.41) is 8.54. The molecule has 13 heavy (non-hydrogen) atoms. The molecular weight excluding hydrogens is 168 g/mol. The first-order valence-electron chi connectivity index (χ1n) is 3.82. The molecule has 0 aliphatic carbocycles. The molecule has 0 N–H and O–H groups in total. The molecule has 0 aliphatic rings. The minimum atomic E-state index is -0.194. The van der Waals surface area contributed by atoms with Gasteiger partial charge >= 0.3 is 0 Å². The second-order valence-electron chi connectivity index (χ2n) is 2.52. The largest absolute Gasteiger partial charge is 0.314 e. The molecule has 0 bridgehead atoms. The lowest BCUT2D eigenvalue weighted by Crippen LogP contribution is -2.18. The average molecular weight is 176 g/mol. The Bertz CT molecular complexity index is 401. The lowest BCUT2D eigenvalue weighted by molar-refractivity contribution is -0.108. The molecule has 0 unspecified atom stereocenters. The summed E-state index contributed by atoms with van der Waals surface area (Å²) in [7, 11) is 0. The number of pyridine rings is 1. The molecule has 0 radical (unpaired) electrons. The molecule has 0 saturated carbocycles. The standard InChI is InChI=1S/C9H8N2O2/c10-6-8-2-3-9(13)11(7-8)4-1-5-12/h2-3,5,7H,1,4H2. The third kappa shape index (κ3) is 2.27. The molecule has 0 saturated heterocycles. The van der Waals surface area contributed by atoms with Crippen molar-refractivity contribution in [2.24, 2.45) is 0 Å². The second kappa shape index (κ2) is 4.21. The summed E-state index contributed by atoms with van der Waals surface area (Å²) in [6.07, 6.45) is 2.48. The monoisotopic (exact) mass is 176 g/mol. The van der Waals surface area contributed by atoms with Crippen molar-refractivity contribution in [3.8, 4) is 6.07 Å². The first-order chi connectivity index (χ1) is 6.27. The number of rotatable bonds is 3. The number of hydrogen-bond acceptors (Lipinski definition) is 3. The first kappa shape index (κ1) is 9.20. The van der Waals surface area contributed by atoms with Crippen molar-refractivity contribution in [1.82, 2.24) is 4.57 Å². The van der Waals surface area contributed by atoms with Gasteiger partial charge in [-0.25, -0.2) is 0 Å². The van der Waals surface area contributed by atoms with E-state index in [9.17, 15) is 9.59 Å². The average Bonchev–Trinajstić information content (AvgIpc) is 2.17. The molecule has 0 amide bonds. The number of nitriles is 1. The van der Waals surface area contributed by atoms with Crippen LogP contribution in [0.4, 0.5) is 0 Å². The minimum absolute atomic E-state index is 0.194. The maximum Gasteiger partial charge on any atom is 0.250 e. The van der Waals surface area contributed by atoms with Crippen LogP contribution >= 0.6 is 0 Å². The molecule has 66 valence electrons. The highest BCUT2D eigenvalue weighted by molar-refractivity contribution is 5.49. The molecule has 1 rings (SSSR count). The maximum atomic E-state index is 11.1. The van der Waals surface area contributed by atoms with Gasteiger partial charge in [0.15, 0.2) is 0 Å². The molecule has 0 spiro atoms. The van der Waals surface area contributed by atoms with Crippen molar-refractivity contribution in [2.45, 2.75) is 13.0 Å². The van der Waals surface area contributed by atoms with Crippen LogP contribution < -0.4 is 5.56 Å². The highest BCUT2D eigenvalue weighted by Crippen LogP contribution is 1.93. The van der Waals surface area contributed by atoms with Gasteiger partial charge in [-0.3, -0.25) is 4.79 Å². The van der Waals surface area contributed by atoms with Crippen molar-refractivity contribution in [2.75, 3.05) is 0 Å². The van der Waals surface area contributed by atoms with Gasteiger partial charge in [-0.05, 0) is 6.07 Å². The number of nitrogens with zero attached hydrogens (tertiary/aromatic N) is 2. The van der Waals surface area contributed by atoms with Crippen LogP contribution in [-0.4, -0.2) is 10.9 Å². The number of hydrogen-bond donors (Lipinski definition) is 0. The minimum Gasteiger partial charge on any atom is -0.314 e. The van der Waals surface area contributed by atoms with E-state index in [1.165, 1.54) is 22.9 Å². The molecule has 4 nitrogen and oxygen atoms in total. The van der Waals surface area contributed by atoms with Crippen LogP contribution in [-0.2, 0) is 11.3 Å². The van der Waals surface area contributed by atoms with Gasteiger partial charge < -0.3 is 9.36 Å². The summed E-state index contributed by atoms with van der Waals surface area (Å²) >= 11 is 0. The zero-order valence-corrected chi connectivity index (χ0v) is 6.93. The highest BCUT2D eigenvalue weighted by atomic mass is 16.1. The molecule has 0 atom stereocenters. The number of aromatic nitrogens is 1. The Morgan fingerprint density at radius 3 is 2.92 bits per heavy atom. The second-order valence-corrected chi connectivity index (χ2v) is 2.52. The Morgan fingerprint density at radius 1 is 1.54 bits per heavy atom. The molecule has 1 heterocycles. The van der Waals surface area contributed by atoms with Crippen LogP contribution in [0.25, 0.3) is 0 Å². The molecule has 0 aromatic carbocycles. The lowest BCUT2D eigenvalue weighted by atomic mass is 10.3. The molecule has 1 aromatic rings. The van der Waals surface area contributed by atoms with E-state index in [1.807, 2.05) is 6.07 Å². The van der Waals surface area contributed by atoms with E-state index in [0.29, 0.717) is 12.1 Å². The van der Waals surface area contributed by atoms with Gasteiger partial charge in [0.2, 0.25) is 0 Å². The van der Waals surface area contributed by atoms with Crippen LogP contribution in [0.3, 0.4) is 0 Å². The number of carbonyl (C=O) groups is 1. The summed E-state index contributed by atoms with van der Waals surface area (Å²) < 4.78 is 1.35. The third-order valence-corrected chi connectivity index (χ3v) is 1.60. The lowest BCUT2D eigenvalue weighted by Gasteiger charge is -2.01. The summed E-state index contributed by atoms with van der Waals surface area (Å²) in [4.78, 5) is 21.2. The van der Waals surface area contributed by atoms with Gasteiger partial charge in [-0.15, -0.1) is 0 Å². The van der Waals surface area contributed by atoms with Gasteiger partial charge in [0.25, 0.3) is 5.56 Å². The van der Waals surface area contributed by atoms with E-state index in [0.717, 1.165) is 6.29 Å². The van der Waals surface area contributed by atoms with Crippen LogP contribution in [0, 0.1) is 11.3 Å². The molecular formula is C9H8N2O2. The van der Waals surface area contributed by atoms with Crippen LogP contribution in [0.1, 0.15) is 12.0 Å². The van der Waals surface area contributed by atoms with E-state index < -0.39 is 0 Å². The summed E-state index contributed by atoms with van der Waals surface area (Å²) in [5.41, 5.74) is 0.228. The highest BCUT2D eigenvalue weighted by Gasteiger charge is 1.96. The predicted molar refractivity (Wildman–Crippen MR) is 46.1 cm³/mol. The third-order valence-electron chi connectivity index (χ3n) is 1.60. The number of carbonyl (C=O) groups excluding carboxylic acids is 1. The molecule has 0 fully saturated rings. The normalized spacial score (nSPS) is 9.15. The number of aryl methyl sites for hydroxylation is 1. The smallest absolute Gasteiger partial charge is 0.250 e. The van der Waals surface area contributed by atoms with E-state index in [-0.39, 0.29) is 12.0 Å². The molecule has 1 aromatic heterocycles. The van der Waals surface area contributed by atoms with Crippen LogP contribution in [0.5, 0.6) is 0 Å². The van der Waals surface area contributed by atoms with E-state index in [4.69, 9.17) is 5.26 Å². The van der Waals surface area contributed by atoms with Gasteiger partial charge in [-0.2, -0.15) is 5.26 Å². The Balaban J connectivity index is 2.98. The van der Waals surface area contributed by atoms with Gasteiger partial charge in [-0.1, -0.05) is 0 Å². The zero-order valence-electron chi connectivity index (χ0n) is 6.93.